The molecular formula is C12H13NO4S. The Balaban J connectivity index is 2.39. The predicted molar refractivity (Wildman–Crippen MR) is 68.8 cm³/mol. The van der Waals surface area contributed by atoms with E-state index in [0.717, 1.165) is 0 Å². The average molecular weight is 267 g/mol. The molecule has 6 heteroatoms. The van der Waals surface area contributed by atoms with Gasteiger partial charge >= 0.3 is 0 Å². The van der Waals surface area contributed by atoms with Crippen molar-refractivity contribution in [3.8, 4) is 0 Å². The van der Waals surface area contributed by atoms with Crippen LogP contribution < -0.4 is 5.32 Å². The van der Waals surface area contributed by atoms with E-state index in [9.17, 15) is 19.8 Å². The second kappa shape index (κ2) is 5.09. The second-order valence-corrected chi connectivity index (χ2v) is 4.52. The van der Waals surface area contributed by atoms with Crippen molar-refractivity contribution >= 4 is 30.0 Å². The van der Waals surface area contributed by atoms with Gasteiger partial charge in [0.1, 0.15) is 6.10 Å². The summed E-state index contributed by atoms with van der Waals surface area (Å²) in [7, 11) is 0. The van der Waals surface area contributed by atoms with Crippen LogP contribution in [-0.2, 0) is 4.79 Å². The molecule has 1 heterocycles. The summed E-state index contributed by atoms with van der Waals surface area (Å²) in [6, 6.07) is 4.73. The van der Waals surface area contributed by atoms with E-state index in [1.807, 2.05) is 0 Å². The van der Waals surface area contributed by atoms with E-state index in [2.05, 4.69) is 17.9 Å². The first-order valence-corrected chi connectivity index (χ1v) is 6.15. The van der Waals surface area contributed by atoms with Crippen LogP contribution in [0.4, 0.5) is 5.69 Å². The molecule has 3 N–H and O–H groups in total. The van der Waals surface area contributed by atoms with Crippen molar-refractivity contribution in [1.82, 2.24) is 0 Å². The number of carbonyl (C=O) groups excluding carboxylic acids is 2. The summed E-state index contributed by atoms with van der Waals surface area (Å²) in [5.41, 5.74) is 0.790. The summed E-state index contributed by atoms with van der Waals surface area (Å²) in [4.78, 5) is 23.0. The van der Waals surface area contributed by atoms with Crippen LogP contribution in [0, 0.1) is 0 Å². The number of benzene rings is 1. The van der Waals surface area contributed by atoms with Crippen LogP contribution in [0.2, 0.25) is 0 Å². The molecule has 2 unspecified atom stereocenters. The summed E-state index contributed by atoms with van der Waals surface area (Å²) >= 11 is 3.98. The van der Waals surface area contributed by atoms with Gasteiger partial charge < -0.3 is 15.5 Å². The molecule has 18 heavy (non-hydrogen) atoms. The first-order chi connectivity index (χ1) is 8.56. The molecule has 1 aliphatic heterocycles. The lowest BCUT2D eigenvalue weighted by Crippen LogP contribution is -2.21. The number of fused-ring (bicyclic) bond motifs is 1. The Bertz CT molecular complexity index is 503. The van der Waals surface area contributed by atoms with Crippen LogP contribution in [0.15, 0.2) is 18.2 Å². The van der Waals surface area contributed by atoms with Gasteiger partial charge in [-0.1, -0.05) is 12.1 Å². The van der Waals surface area contributed by atoms with Crippen molar-refractivity contribution in [2.45, 2.75) is 18.6 Å². The maximum absolute atomic E-state index is 11.7. The molecule has 0 aromatic heterocycles. The fourth-order valence-corrected chi connectivity index (χ4v) is 2.23. The van der Waals surface area contributed by atoms with E-state index < -0.39 is 23.9 Å². The van der Waals surface area contributed by atoms with Gasteiger partial charge in [0.15, 0.2) is 0 Å². The molecule has 0 spiro atoms. The third-order valence-corrected chi connectivity index (χ3v) is 3.14. The third kappa shape index (κ3) is 2.14. The summed E-state index contributed by atoms with van der Waals surface area (Å²) in [6.07, 6.45) is -1.93. The molecule has 1 aromatic carbocycles. The van der Waals surface area contributed by atoms with Crippen molar-refractivity contribution in [3.05, 3.63) is 29.3 Å². The molecular weight excluding hydrogens is 254 g/mol. The molecule has 0 fully saturated rings. The average Bonchev–Trinajstić information content (AvgIpc) is 2.64. The molecule has 0 aliphatic carbocycles. The lowest BCUT2D eigenvalue weighted by Gasteiger charge is -2.19. The maximum Gasteiger partial charge on any atom is 0.296 e. The number of aliphatic hydroxyl groups excluding tert-OH is 2. The Morgan fingerprint density at radius 3 is 2.67 bits per heavy atom. The second-order valence-electron chi connectivity index (χ2n) is 4.08. The van der Waals surface area contributed by atoms with Gasteiger partial charge in [-0.2, -0.15) is 12.6 Å². The molecule has 2 atom stereocenters. The normalized spacial score (nSPS) is 17.3. The van der Waals surface area contributed by atoms with E-state index in [4.69, 9.17) is 0 Å². The third-order valence-electron chi connectivity index (χ3n) is 2.89. The Morgan fingerprint density at radius 1 is 1.28 bits per heavy atom. The van der Waals surface area contributed by atoms with E-state index in [1.165, 1.54) is 6.07 Å². The van der Waals surface area contributed by atoms with Crippen molar-refractivity contribution in [3.63, 3.8) is 0 Å². The number of Topliss-reactive ketones (excluding diaryl/α,β-unsaturated/α-hetero) is 1. The number of hydrogen-bond donors (Lipinski definition) is 4. The summed E-state index contributed by atoms with van der Waals surface area (Å²) in [6.45, 7) is 0. The molecule has 2 rings (SSSR count). The number of nitrogens with one attached hydrogen (secondary N) is 1. The van der Waals surface area contributed by atoms with Crippen molar-refractivity contribution in [1.29, 1.82) is 0 Å². The lowest BCUT2D eigenvalue weighted by molar-refractivity contribution is -0.112. The van der Waals surface area contributed by atoms with Crippen molar-refractivity contribution < 1.29 is 19.8 Å². The number of amides is 1. The number of thiol groups is 1. The zero-order valence-corrected chi connectivity index (χ0v) is 10.4. The first-order valence-electron chi connectivity index (χ1n) is 5.52. The number of hydrogen-bond acceptors (Lipinski definition) is 5. The van der Waals surface area contributed by atoms with Crippen LogP contribution in [-0.4, -0.2) is 33.8 Å². The van der Waals surface area contributed by atoms with Crippen LogP contribution in [0.5, 0.6) is 0 Å². The smallest absolute Gasteiger partial charge is 0.296 e. The molecule has 0 radical (unpaired) electrons. The Labute approximate surface area is 109 Å². The number of rotatable bonds is 4. The van der Waals surface area contributed by atoms with E-state index in [1.54, 1.807) is 12.1 Å². The van der Waals surface area contributed by atoms with Gasteiger partial charge in [0.05, 0.1) is 17.4 Å². The standard InChI is InChI=1S/C12H13NO4S/c14-8(4-5-18)10(15)6-2-1-3-7-9(6)11(16)12(17)13-7/h1-3,8,10,14-15,18H,4-5H2,(H,13,16,17). The van der Waals surface area contributed by atoms with E-state index in [0.29, 0.717) is 17.9 Å². The predicted octanol–water partition coefficient (Wildman–Crippen LogP) is 0.536. The van der Waals surface area contributed by atoms with Crippen molar-refractivity contribution in [2.75, 3.05) is 11.1 Å². The van der Waals surface area contributed by atoms with Crippen molar-refractivity contribution in [2.24, 2.45) is 0 Å². The van der Waals surface area contributed by atoms with E-state index >= 15 is 0 Å². The van der Waals surface area contributed by atoms with Gasteiger partial charge in [-0.3, -0.25) is 9.59 Å². The molecule has 1 amide bonds. The quantitative estimate of drug-likeness (QED) is 0.473. The van der Waals surface area contributed by atoms with Gasteiger partial charge in [-0.25, -0.2) is 0 Å². The minimum Gasteiger partial charge on any atom is -0.390 e. The molecule has 0 saturated carbocycles. The summed E-state index contributed by atoms with van der Waals surface area (Å²) < 4.78 is 0. The Hall–Kier alpha value is -1.37. The molecule has 5 nitrogen and oxygen atoms in total. The number of ketones is 1. The molecule has 1 aromatic rings. The van der Waals surface area contributed by atoms with Crippen LogP contribution in [0.25, 0.3) is 0 Å². The highest BCUT2D eigenvalue weighted by Crippen LogP contribution is 2.32. The first kappa shape index (κ1) is 13.1. The lowest BCUT2D eigenvalue weighted by atomic mass is 9.95. The highest BCUT2D eigenvalue weighted by molar-refractivity contribution is 7.80. The summed E-state index contributed by atoms with van der Waals surface area (Å²) in [5.74, 6) is -0.982. The zero-order valence-electron chi connectivity index (χ0n) is 9.46. The number of aliphatic hydroxyl groups is 2. The molecule has 1 aliphatic rings. The molecule has 0 saturated heterocycles. The fourth-order valence-electron chi connectivity index (χ4n) is 1.96. The molecule has 96 valence electrons. The number of anilines is 1. The number of carbonyl (C=O) groups is 2. The van der Waals surface area contributed by atoms with E-state index in [-0.39, 0.29) is 11.1 Å². The SMILES string of the molecule is O=C1Nc2cccc(C(O)C(O)CCS)c2C1=O. The Morgan fingerprint density at radius 2 is 2.00 bits per heavy atom. The monoisotopic (exact) mass is 267 g/mol. The van der Waals surface area contributed by atoms with Gasteiger partial charge in [-0.15, -0.1) is 0 Å². The minimum atomic E-state index is -1.20. The minimum absolute atomic E-state index is 0.146. The van der Waals surface area contributed by atoms with Crippen LogP contribution in [0.1, 0.15) is 28.4 Å². The highest BCUT2D eigenvalue weighted by atomic mass is 32.1. The topological polar surface area (TPSA) is 86.6 Å². The van der Waals surface area contributed by atoms with Gasteiger partial charge in [-0.05, 0) is 23.8 Å². The maximum atomic E-state index is 11.7. The highest BCUT2D eigenvalue weighted by Gasteiger charge is 2.33. The Kier molecular flexibility index (Phi) is 3.70. The van der Waals surface area contributed by atoms with Gasteiger partial charge in [0.2, 0.25) is 0 Å². The molecule has 0 bridgehead atoms. The summed E-state index contributed by atoms with van der Waals surface area (Å²) in [5, 5.41) is 22.2. The fraction of sp³-hybridized carbons (Fsp3) is 0.333. The van der Waals surface area contributed by atoms with Gasteiger partial charge in [0, 0.05) is 0 Å². The largest absolute Gasteiger partial charge is 0.390 e. The van der Waals surface area contributed by atoms with Crippen LogP contribution in [0.3, 0.4) is 0 Å². The van der Waals surface area contributed by atoms with Gasteiger partial charge in [0.25, 0.3) is 11.7 Å². The zero-order chi connectivity index (χ0) is 13.3. The van der Waals surface area contributed by atoms with Crippen LogP contribution >= 0.6 is 12.6 Å².